The highest BCUT2D eigenvalue weighted by Gasteiger charge is 2.28. The Morgan fingerprint density at radius 3 is 2.44 bits per heavy atom. The Morgan fingerprint density at radius 1 is 0.926 bits per heavy atom. The number of amides is 2. The zero-order valence-corrected chi connectivity index (χ0v) is 15.0. The lowest BCUT2D eigenvalue weighted by Crippen LogP contribution is -2.41. The maximum Gasteiger partial charge on any atom is 0.269 e. The first-order chi connectivity index (χ1) is 13.2. The van der Waals surface area contributed by atoms with Crippen molar-refractivity contribution in [3.05, 3.63) is 54.1 Å². The van der Waals surface area contributed by atoms with Crippen LogP contribution in [-0.2, 0) is 4.79 Å². The lowest BCUT2D eigenvalue weighted by atomic mass is 10.1. The summed E-state index contributed by atoms with van der Waals surface area (Å²) in [4.78, 5) is 27.4. The zero-order valence-electron chi connectivity index (χ0n) is 15.0. The number of piperidine rings is 1. The van der Waals surface area contributed by atoms with Gasteiger partial charge in [-0.1, -0.05) is 24.3 Å². The Kier molecular flexibility index (Phi) is 4.96. The molecular weight excluding hydrogens is 344 g/mol. The minimum absolute atomic E-state index is 0.0447. The van der Waals surface area contributed by atoms with Gasteiger partial charge in [0.05, 0.1) is 11.3 Å². The number of carbonyl (C=O) groups is 2. The Bertz CT molecular complexity index is 846. The molecule has 6 nitrogen and oxygen atoms in total. The lowest BCUT2D eigenvalue weighted by molar-refractivity contribution is -0.125. The minimum atomic E-state index is -0.766. The van der Waals surface area contributed by atoms with Crippen molar-refractivity contribution in [2.75, 3.05) is 25.0 Å². The molecule has 1 unspecified atom stereocenters. The molecule has 6 heteroatoms. The van der Waals surface area contributed by atoms with Crippen molar-refractivity contribution >= 4 is 17.5 Å². The van der Waals surface area contributed by atoms with Crippen LogP contribution in [0.5, 0.6) is 11.5 Å². The number of ether oxygens (including phenoxy) is 2. The van der Waals surface area contributed by atoms with Crippen molar-refractivity contribution in [2.24, 2.45) is 0 Å². The third-order valence-electron chi connectivity index (χ3n) is 4.86. The number of nitrogens with one attached hydrogen (secondary N) is 1. The first-order valence-electron chi connectivity index (χ1n) is 9.30. The van der Waals surface area contributed by atoms with Crippen LogP contribution in [0.1, 0.15) is 29.6 Å². The normalized spacial score (nSPS) is 18.7. The largest absolute Gasteiger partial charge is 0.485 e. The number of likely N-dealkylation sites (tertiary alicyclic amines) is 1. The molecule has 1 atom stereocenters. The SMILES string of the molecule is O=C(Nc1ccccc1C(=O)N1CCCCC1)C1COc2ccccc2O1. The summed E-state index contributed by atoms with van der Waals surface area (Å²) in [6, 6.07) is 14.4. The second-order valence-electron chi connectivity index (χ2n) is 6.75. The fourth-order valence-electron chi connectivity index (χ4n) is 3.41. The molecular formula is C21H22N2O4. The van der Waals surface area contributed by atoms with E-state index in [0.29, 0.717) is 22.7 Å². The van der Waals surface area contributed by atoms with E-state index in [1.165, 1.54) is 0 Å². The second-order valence-corrected chi connectivity index (χ2v) is 6.75. The van der Waals surface area contributed by atoms with Crippen LogP contribution in [-0.4, -0.2) is 42.5 Å². The summed E-state index contributed by atoms with van der Waals surface area (Å²) in [5.74, 6) is 0.795. The number of benzene rings is 2. The van der Waals surface area contributed by atoms with Gasteiger partial charge in [-0.05, 0) is 43.5 Å². The summed E-state index contributed by atoms with van der Waals surface area (Å²) in [5, 5.41) is 2.84. The number of hydrogen-bond acceptors (Lipinski definition) is 4. The molecule has 2 aliphatic heterocycles. The van der Waals surface area contributed by atoms with Crippen molar-refractivity contribution < 1.29 is 19.1 Å². The molecule has 1 fully saturated rings. The predicted molar refractivity (Wildman–Crippen MR) is 101 cm³/mol. The Balaban J connectivity index is 1.48. The van der Waals surface area contributed by atoms with E-state index >= 15 is 0 Å². The van der Waals surface area contributed by atoms with Crippen LogP contribution in [0.2, 0.25) is 0 Å². The Labute approximate surface area is 158 Å². The van der Waals surface area contributed by atoms with Gasteiger partial charge >= 0.3 is 0 Å². The topological polar surface area (TPSA) is 67.9 Å². The van der Waals surface area contributed by atoms with Crippen LogP contribution in [0.4, 0.5) is 5.69 Å². The molecule has 0 aliphatic carbocycles. The molecule has 0 bridgehead atoms. The average Bonchev–Trinajstić information content (AvgIpc) is 2.74. The van der Waals surface area contributed by atoms with Crippen LogP contribution >= 0.6 is 0 Å². The molecule has 0 aromatic heterocycles. The van der Waals surface area contributed by atoms with E-state index in [1.807, 2.05) is 23.1 Å². The summed E-state index contributed by atoms with van der Waals surface area (Å²) < 4.78 is 11.4. The van der Waals surface area contributed by atoms with Crippen molar-refractivity contribution in [1.29, 1.82) is 0 Å². The third-order valence-corrected chi connectivity index (χ3v) is 4.86. The molecule has 2 aromatic rings. The molecule has 2 aliphatic rings. The zero-order chi connectivity index (χ0) is 18.6. The fraction of sp³-hybridized carbons (Fsp3) is 0.333. The monoisotopic (exact) mass is 366 g/mol. The minimum Gasteiger partial charge on any atom is -0.485 e. The third kappa shape index (κ3) is 3.74. The van der Waals surface area contributed by atoms with E-state index in [9.17, 15) is 9.59 Å². The number of para-hydroxylation sites is 3. The maximum absolute atomic E-state index is 12.9. The van der Waals surface area contributed by atoms with Crippen molar-refractivity contribution in [1.82, 2.24) is 4.90 Å². The number of rotatable bonds is 3. The van der Waals surface area contributed by atoms with Gasteiger partial charge < -0.3 is 19.7 Å². The Hall–Kier alpha value is -3.02. The highest BCUT2D eigenvalue weighted by molar-refractivity contribution is 6.04. The summed E-state index contributed by atoms with van der Waals surface area (Å²) in [5.41, 5.74) is 1.01. The van der Waals surface area contributed by atoms with E-state index in [4.69, 9.17) is 9.47 Å². The van der Waals surface area contributed by atoms with E-state index in [-0.39, 0.29) is 18.4 Å². The molecule has 2 heterocycles. The number of nitrogens with zero attached hydrogens (tertiary/aromatic N) is 1. The Morgan fingerprint density at radius 2 is 1.63 bits per heavy atom. The number of anilines is 1. The van der Waals surface area contributed by atoms with Crippen LogP contribution in [0.3, 0.4) is 0 Å². The molecule has 2 aromatic carbocycles. The average molecular weight is 366 g/mol. The van der Waals surface area contributed by atoms with Crippen molar-refractivity contribution in [3.8, 4) is 11.5 Å². The van der Waals surface area contributed by atoms with Gasteiger partial charge in [-0.2, -0.15) is 0 Å². The van der Waals surface area contributed by atoms with Gasteiger partial charge in [0, 0.05) is 13.1 Å². The van der Waals surface area contributed by atoms with Crippen molar-refractivity contribution in [2.45, 2.75) is 25.4 Å². The summed E-state index contributed by atoms with van der Waals surface area (Å²) in [6.45, 7) is 1.65. The van der Waals surface area contributed by atoms with Crippen molar-refractivity contribution in [3.63, 3.8) is 0 Å². The predicted octanol–water partition coefficient (Wildman–Crippen LogP) is 3.09. The standard InChI is InChI=1S/C21H22N2O4/c24-20(19-14-26-17-10-4-5-11-18(17)27-19)22-16-9-3-2-8-15(16)21(25)23-12-6-1-7-13-23/h2-5,8-11,19H,1,6-7,12-14H2,(H,22,24). The van der Waals surface area contributed by atoms with E-state index in [0.717, 1.165) is 32.4 Å². The lowest BCUT2D eigenvalue weighted by Gasteiger charge is -2.28. The first kappa shape index (κ1) is 17.4. The van der Waals surface area contributed by atoms with E-state index in [1.54, 1.807) is 30.3 Å². The van der Waals surface area contributed by atoms with Gasteiger partial charge in [0.1, 0.15) is 6.61 Å². The molecule has 1 saturated heterocycles. The summed E-state index contributed by atoms with van der Waals surface area (Å²) in [6.07, 6.45) is 2.43. The van der Waals surface area contributed by atoms with Gasteiger partial charge in [0.25, 0.3) is 11.8 Å². The number of carbonyl (C=O) groups excluding carboxylic acids is 2. The molecule has 1 N–H and O–H groups in total. The summed E-state index contributed by atoms with van der Waals surface area (Å²) in [7, 11) is 0. The smallest absolute Gasteiger partial charge is 0.269 e. The fourth-order valence-corrected chi connectivity index (χ4v) is 3.41. The van der Waals surface area contributed by atoms with Gasteiger partial charge in [-0.3, -0.25) is 9.59 Å². The van der Waals surface area contributed by atoms with Crippen LogP contribution < -0.4 is 14.8 Å². The van der Waals surface area contributed by atoms with Gasteiger partial charge in [0.2, 0.25) is 6.10 Å². The molecule has 2 amide bonds. The van der Waals surface area contributed by atoms with Gasteiger partial charge in [0.15, 0.2) is 11.5 Å². The second kappa shape index (κ2) is 7.70. The maximum atomic E-state index is 12.9. The van der Waals surface area contributed by atoms with Crippen LogP contribution in [0.15, 0.2) is 48.5 Å². The van der Waals surface area contributed by atoms with Gasteiger partial charge in [-0.25, -0.2) is 0 Å². The quantitative estimate of drug-likeness (QED) is 0.906. The highest BCUT2D eigenvalue weighted by Crippen LogP contribution is 2.31. The number of hydrogen-bond donors (Lipinski definition) is 1. The van der Waals surface area contributed by atoms with Crippen LogP contribution in [0.25, 0.3) is 0 Å². The van der Waals surface area contributed by atoms with E-state index in [2.05, 4.69) is 5.32 Å². The molecule has 0 spiro atoms. The molecule has 140 valence electrons. The highest BCUT2D eigenvalue weighted by atomic mass is 16.6. The molecule has 0 saturated carbocycles. The molecule has 4 rings (SSSR count). The number of fused-ring (bicyclic) bond motifs is 1. The van der Waals surface area contributed by atoms with E-state index < -0.39 is 6.10 Å². The van der Waals surface area contributed by atoms with Crippen LogP contribution in [0, 0.1) is 0 Å². The van der Waals surface area contributed by atoms with Gasteiger partial charge in [-0.15, -0.1) is 0 Å². The molecule has 0 radical (unpaired) electrons. The summed E-state index contributed by atoms with van der Waals surface area (Å²) >= 11 is 0. The first-order valence-corrected chi connectivity index (χ1v) is 9.30. The molecule has 27 heavy (non-hydrogen) atoms.